The van der Waals surface area contributed by atoms with Gasteiger partial charge in [0.2, 0.25) is 16.9 Å². The maximum absolute atomic E-state index is 15.3. The number of carbonyl (C=O) groups is 6. The molecule has 4 amide bonds. The number of rotatable bonds is 12. The molecule has 2 aliphatic heterocycles. The first kappa shape index (κ1) is 43.1. The summed E-state index contributed by atoms with van der Waals surface area (Å²) in [5.74, 6) is -8.99. The number of hydroxylamine groups is 4. The Morgan fingerprint density at radius 1 is 0.443 bits per heavy atom. The Kier molecular flexibility index (Phi) is 11.0. The summed E-state index contributed by atoms with van der Waals surface area (Å²) >= 11 is 0. The van der Waals surface area contributed by atoms with Crippen molar-refractivity contribution in [2.45, 2.75) is 17.8 Å². The van der Waals surface area contributed by atoms with Gasteiger partial charge in [-0.25, -0.2) is 9.59 Å². The molecule has 0 atom stereocenters. The van der Waals surface area contributed by atoms with E-state index in [1.165, 1.54) is 42.7 Å². The molecule has 0 spiro atoms. The van der Waals surface area contributed by atoms with Crippen molar-refractivity contribution in [1.82, 2.24) is 10.1 Å². The van der Waals surface area contributed by atoms with Crippen LogP contribution in [0.4, 0.5) is 26.3 Å². The first-order chi connectivity index (χ1) is 28.7. The van der Waals surface area contributed by atoms with Gasteiger partial charge in [-0.05, 0) is 59.7 Å². The van der Waals surface area contributed by atoms with Crippen LogP contribution in [0.25, 0.3) is 0 Å². The monoisotopic (exact) mass is 862 g/mol. The Labute approximate surface area is 338 Å². The Bertz CT molecular complexity index is 2310. The minimum Gasteiger partial charge on any atom is -0.493 e. The number of amides is 4. The van der Waals surface area contributed by atoms with Crippen molar-refractivity contribution in [3.63, 3.8) is 0 Å². The predicted octanol–water partition coefficient (Wildman–Crippen LogP) is 5.88. The number of benzene rings is 4. The topological polar surface area (TPSA) is 183 Å². The van der Waals surface area contributed by atoms with Crippen LogP contribution in [-0.4, -0.2) is 101 Å². The van der Waals surface area contributed by atoms with Crippen LogP contribution in [0.2, 0.25) is 0 Å². The summed E-state index contributed by atoms with van der Waals surface area (Å²) in [5, 5.41) is -0.313. The van der Waals surface area contributed by atoms with E-state index in [9.17, 15) is 28.8 Å². The quantitative estimate of drug-likeness (QED) is 0.122. The Morgan fingerprint density at radius 2 is 0.738 bits per heavy atom. The summed E-state index contributed by atoms with van der Waals surface area (Å²) < 4.78 is 123. The number of imide groups is 2. The fourth-order valence-electron chi connectivity index (χ4n) is 6.72. The molecule has 2 aliphatic rings. The third-order valence-corrected chi connectivity index (χ3v) is 9.56. The maximum atomic E-state index is 15.3. The first-order valence-electron chi connectivity index (χ1n) is 17.0. The minimum atomic E-state index is -6.30. The number of ether oxygens (including phenoxy) is 6. The highest BCUT2D eigenvalue weighted by Gasteiger charge is 2.73. The predicted molar refractivity (Wildman–Crippen MR) is 190 cm³/mol. The lowest BCUT2D eigenvalue weighted by molar-refractivity contribution is -0.288. The number of methoxy groups -OCH3 is 6. The van der Waals surface area contributed by atoms with Crippen molar-refractivity contribution in [3.8, 4) is 34.5 Å². The molecule has 0 saturated carbocycles. The molecule has 0 aliphatic carbocycles. The molecule has 2 heterocycles. The molecule has 4 aromatic carbocycles. The van der Waals surface area contributed by atoms with Crippen LogP contribution >= 0.6 is 0 Å². The molecule has 0 fully saturated rings. The van der Waals surface area contributed by atoms with Crippen LogP contribution in [0, 0.1) is 0 Å². The van der Waals surface area contributed by atoms with Crippen LogP contribution in [-0.2, 0) is 15.1 Å². The molecule has 0 aromatic heterocycles. The number of carbonyl (C=O) groups excluding carboxylic acids is 6. The molecule has 4 aromatic rings. The second kappa shape index (κ2) is 15.6. The van der Waals surface area contributed by atoms with E-state index < -0.39 is 86.7 Å². The van der Waals surface area contributed by atoms with Gasteiger partial charge in [0.25, 0.3) is 23.6 Å². The molecule has 0 N–H and O–H groups in total. The number of hydrogen-bond donors (Lipinski definition) is 0. The Hall–Kier alpha value is -7.52. The van der Waals surface area contributed by atoms with Gasteiger partial charge in [-0.1, -0.05) is 22.3 Å². The molecule has 6 rings (SSSR count). The average molecular weight is 863 g/mol. The molecule has 0 unspecified atom stereocenters. The van der Waals surface area contributed by atoms with Crippen LogP contribution in [0.1, 0.15) is 73.3 Å². The number of nitrogens with zero attached hydrogens (tertiary/aromatic N) is 2. The highest BCUT2D eigenvalue weighted by Crippen LogP contribution is 2.57. The van der Waals surface area contributed by atoms with Crippen molar-refractivity contribution < 1.29 is 93.2 Å². The first-order valence-corrected chi connectivity index (χ1v) is 17.0. The highest BCUT2D eigenvalue weighted by molar-refractivity contribution is 6.22. The van der Waals surface area contributed by atoms with Gasteiger partial charge in [0.05, 0.1) is 76.0 Å². The second-order valence-electron chi connectivity index (χ2n) is 12.7. The zero-order chi connectivity index (χ0) is 44.9. The lowest BCUT2D eigenvalue weighted by Gasteiger charge is -2.38. The molecular weight excluding hydrogens is 834 g/mol. The number of halogens is 6. The third kappa shape index (κ3) is 6.78. The van der Waals surface area contributed by atoms with Crippen LogP contribution < -0.4 is 28.4 Å². The van der Waals surface area contributed by atoms with Crippen molar-refractivity contribution in [2.75, 3.05) is 42.7 Å². The van der Waals surface area contributed by atoms with Gasteiger partial charge < -0.3 is 38.1 Å². The number of alkyl halides is 6. The van der Waals surface area contributed by atoms with Crippen molar-refractivity contribution in [3.05, 3.63) is 105 Å². The van der Waals surface area contributed by atoms with Gasteiger partial charge in [-0.2, -0.15) is 26.3 Å². The second-order valence-corrected chi connectivity index (χ2v) is 12.7. The molecule has 61 heavy (non-hydrogen) atoms. The Balaban J connectivity index is 1.36. The van der Waals surface area contributed by atoms with Gasteiger partial charge in [0, 0.05) is 0 Å². The smallest absolute Gasteiger partial charge is 0.411 e. The molecule has 0 bridgehead atoms. The molecule has 320 valence electrons. The van der Waals surface area contributed by atoms with Crippen molar-refractivity contribution >= 4 is 35.6 Å². The van der Waals surface area contributed by atoms with E-state index in [1.807, 2.05) is 0 Å². The van der Waals surface area contributed by atoms with Crippen LogP contribution in [0.3, 0.4) is 0 Å². The summed E-state index contributed by atoms with van der Waals surface area (Å²) in [6.07, 6.45) is -12.6. The molecule has 16 nitrogen and oxygen atoms in total. The van der Waals surface area contributed by atoms with Crippen molar-refractivity contribution in [1.29, 1.82) is 0 Å². The summed E-state index contributed by atoms with van der Waals surface area (Å²) in [4.78, 5) is 89.5. The largest absolute Gasteiger partial charge is 0.493 e. The van der Waals surface area contributed by atoms with Crippen LogP contribution in [0.15, 0.2) is 60.7 Å². The van der Waals surface area contributed by atoms with E-state index in [0.717, 1.165) is 24.3 Å². The van der Waals surface area contributed by atoms with E-state index in [4.69, 9.17) is 38.1 Å². The van der Waals surface area contributed by atoms with E-state index in [2.05, 4.69) is 0 Å². The standard InChI is InChI=1S/C39H28F6N2O14/c1-54-25-11-17(12-26(55-2)29(25)58-5)35(52)60-46-31(48)21-9-7-19(15-23(21)33(46)50)37(38(40,41)42,39(43,44)45)20-8-10-22-24(16-20)34(51)47(32(22)49)61-36(53)18-13-27(56-3)30(59-6)28(14-18)57-4/h7-16H,1-6H3. The van der Waals surface area contributed by atoms with Crippen molar-refractivity contribution in [2.24, 2.45) is 0 Å². The molecule has 22 heteroatoms. The van der Waals surface area contributed by atoms with Gasteiger partial charge in [0.1, 0.15) is 0 Å². The number of hydrogen-bond acceptors (Lipinski definition) is 14. The van der Waals surface area contributed by atoms with E-state index in [0.29, 0.717) is 12.1 Å². The average Bonchev–Trinajstić information content (AvgIpc) is 3.60. The minimum absolute atomic E-state index is 0.0418. The third-order valence-electron chi connectivity index (χ3n) is 9.56. The maximum Gasteiger partial charge on any atom is 0.411 e. The summed E-state index contributed by atoms with van der Waals surface area (Å²) in [6, 6.07) is 6.16. The molecule has 0 radical (unpaired) electrons. The lowest BCUT2D eigenvalue weighted by Crippen LogP contribution is -2.55. The Morgan fingerprint density at radius 3 is 1.00 bits per heavy atom. The van der Waals surface area contributed by atoms with Gasteiger partial charge >= 0.3 is 24.3 Å². The SMILES string of the molecule is COc1cc(C(=O)ON2C(=O)c3ccc(C(c4ccc5c(c4)C(=O)N(OC(=O)c4cc(OC)c(OC)c(OC)c4)C5=O)(C(F)(F)F)C(F)(F)F)cc3C2=O)cc(OC)c1OC. The van der Waals surface area contributed by atoms with E-state index >= 15 is 26.3 Å². The zero-order valence-electron chi connectivity index (χ0n) is 32.2. The van der Waals surface area contributed by atoms with Gasteiger partial charge in [0.15, 0.2) is 23.0 Å². The molecular formula is C39H28F6N2O14. The van der Waals surface area contributed by atoms with E-state index in [-0.39, 0.29) is 80.0 Å². The van der Waals surface area contributed by atoms with Crippen LogP contribution in [0.5, 0.6) is 34.5 Å². The molecule has 0 saturated heterocycles. The zero-order valence-corrected chi connectivity index (χ0v) is 32.2. The normalized spacial score (nSPS) is 13.8. The lowest BCUT2D eigenvalue weighted by atomic mass is 9.71. The summed E-state index contributed by atoms with van der Waals surface area (Å²) in [7, 11) is 7.37. The van der Waals surface area contributed by atoms with Gasteiger partial charge in [-0.3, -0.25) is 19.2 Å². The summed E-state index contributed by atoms with van der Waals surface area (Å²) in [5.41, 5.74) is -12.6. The fraction of sp³-hybridized carbons (Fsp3) is 0.231. The summed E-state index contributed by atoms with van der Waals surface area (Å²) in [6.45, 7) is 0. The van der Waals surface area contributed by atoms with E-state index in [1.54, 1.807) is 0 Å². The highest BCUT2D eigenvalue weighted by atomic mass is 19.4. The van der Waals surface area contributed by atoms with Gasteiger partial charge in [-0.15, -0.1) is 0 Å². The fourth-order valence-corrected chi connectivity index (χ4v) is 6.72. The number of fused-ring (bicyclic) bond motifs is 2.